The van der Waals surface area contributed by atoms with Gasteiger partial charge in [-0.2, -0.15) is 0 Å². The second-order valence-corrected chi connectivity index (χ2v) is 11.8. The predicted molar refractivity (Wildman–Crippen MR) is 125 cm³/mol. The Morgan fingerprint density at radius 2 is 1.72 bits per heavy atom. The molecule has 0 spiro atoms. The van der Waals surface area contributed by atoms with E-state index in [1.54, 1.807) is 37.4 Å². The second kappa shape index (κ2) is 9.70. The van der Waals surface area contributed by atoms with Crippen molar-refractivity contribution in [1.29, 1.82) is 0 Å². The van der Waals surface area contributed by atoms with Gasteiger partial charge in [0.2, 0.25) is 19.9 Å². The number of aromatic nitrogens is 1. The number of hydrogen-bond acceptors (Lipinski definition) is 5. The molecule has 0 atom stereocenters. The summed E-state index contributed by atoms with van der Waals surface area (Å²) in [6.07, 6.45) is 2.06. The predicted octanol–water partition coefficient (Wildman–Crippen LogP) is 4.52. The first-order chi connectivity index (χ1) is 15.0. The van der Waals surface area contributed by atoms with Gasteiger partial charge < -0.3 is 0 Å². The topological polar surface area (TPSA) is 93.2 Å². The van der Waals surface area contributed by atoms with Gasteiger partial charge in [-0.3, -0.25) is 4.98 Å². The molecule has 1 N–H and O–H groups in total. The molecular formula is C23H25ClN2O4S2. The minimum atomic E-state index is -3.97. The van der Waals surface area contributed by atoms with Gasteiger partial charge >= 0.3 is 0 Å². The molecule has 0 aliphatic rings. The first kappa shape index (κ1) is 24.4. The summed E-state index contributed by atoms with van der Waals surface area (Å²) in [5.41, 5.74) is 1.71. The fourth-order valence-corrected chi connectivity index (χ4v) is 6.61. The summed E-state index contributed by atoms with van der Waals surface area (Å²) < 4.78 is 55.4. The van der Waals surface area contributed by atoms with Gasteiger partial charge in [-0.15, -0.1) is 0 Å². The number of benzene rings is 2. The number of rotatable bonds is 8. The standard InChI is InChI=1S/C23H25ClN2O4S2/c1-16(2)20-11-10-19(31(27,28)22-9-6-8-21(24)17(22)3)15-23(20)32(29,30)26-14-12-18-7-4-5-13-25-18/h4-11,13,15-16,26H,12,14H2,1-3H3. The normalized spacial score (nSPS) is 12.3. The van der Waals surface area contributed by atoms with Gasteiger partial charge in [0, 0.05) is 29.9 Å². The molecule has 0 amide bonds. The van der Waals surface area contributed by atoms with Crippen LogP contribution in [-0.2, 0) is 26.3 Å². The molecule has 0 radical (unpaired) electrons. The third-order valence-electron chi connectivity index (χ3n) is 5.11. The smallest absolute Gasteiger partial charge is 0.240 e. The van der Waals surface area contributed by atoms with Gasteiger partial charge in [-0.1, -0.05) is 43.6 Å². The number of hydrogen-bond donors (Lipinski definition) is 1. The van der Waals surface area contributed by atoms with Crippen LogP contribution in [0.2, 0.25) is 5.02 Å². The van der Waals surface area contributed by atoms with Gasteiger partial charge in [0.15, 0.2) is 0 Å². The summed E-state index contributed by atoms with van der Waals surface area (Å²) in [5.74, 6) is -0.123. The van der Waals surface area contributed by atoms with E-state index in [1.807, 2.05) is 26.0 Å². The lowest BCUT2D eigenvalue weighted by Gasteiger charge is -2.16. The van der Waals surface area contributed by atoms with Gasteiger partial charge in [0.1, 0.15) is 0 Å². The van der Waals surface area contributed by atoms with Crippen LogP contribution in [0.4, 0.5) is 0 Å². The quantitative estimate of drug-likeness (QED) is 0.499. The fourth-order valence-electron chi connectivity index (χ4n) is 3.33. The molecule has 0 saturated carbocycles. The van der Waals surface area contributed by atoms with Crippen molar-refractivity contribution in [2.75, 3.05) is 6.54 Å². The number of nitrogens with zero attached hydrogens (tertiary/aromatic N) is 1. The largest absolute Gasteiger partial charge is 0.261 e. The molecule has 9 heteroatoms. The molecule has 32 heavy (non-hydrogen) atoms. The zero-order chi connectivity index (χ0) is 23.5. The molecule has 1 heterocycles. The third kappa shape index (κ3) is 5.20. The lowest BCUT2D eigenvalue weighted by atomic mass is 10.0. The lowest BCUT2D eigenvalue weighted by molar-refractivity contribution is 0.578. The molecule has 0 unspecified atom stereocenters. The van der Waals surface area contributed by atoms with Crippen LogP contribution in [0.1, 0.15) is 36.6 Å². The van der Waals surface area contributed by atoms with Crippen LogP contribution in [0, 0.1) is 6.92 Å². The number of halogens is 1. The highest BCUT2D eigenvalue weighted by molar-refractivity contribution is 7.91. The number of pyridine rings is 1. The Kier molecular flexibility index (Phi) is 7.39. The average Bonchev–Trinajstić information content (AvgIpc) is 2.75. The number of sulfonamides is 1. The Hall–Kier alpha value is -2.26. The Bertz CT molecular complexity index is 1320. The van der Waals surface area contributed by atoms with Crippen molar-refractivity contribution in [1.82, 2.24) is 9.71 Å². The highest BCUT2D eigenvalue weighted by Crippen LogP contribution is 2.32. The maximum Gasteiger partial charge on any atom is 0.240 e. The van der Waals surface area contributed by atoms with E-state index in [-0.39, 0.29) is 27.1 Å². The monoisotopic (exact) mass is 492 g/mol. The summed E-state index contributed by atoms with van der Waals surface area (Å²) in [4.78, 5) is 4.09. The van der Waals surface area contributed by atoms with Crippen LogP contribution in [0.3, 0.4) is 0 Å². The van der Waals surface area contributed by atoms with E-state index in [0.717, 1.165) is 5.69 Å². The molecule has 3 rings (SSSR count). The Morgan fingerprint density at radius 3 is 2.38 bits per heavy atom. The molecule has 0 fully saturated rings. The van der Waals surface area contributed by atoms with E-state index in [2.05, 4.69) is 9.71 Å². The zero-order valence-corrected chi connectivity index (χ0v) is 20.4. The first-order valence-electron chi connectivity index (χ1n) is 10.1. The third-order valence-corrected chi connectivity index (χ3v) is 8.94. The molecule has 0 aliphatic heterocycles. The molecule has 0 aliphatic carbocycles. The van der Waals surface area contributed by atoms with Crippen LogP contribution in [0.15, 0.2) is 75.5 Å². The minimum absolute atomic E-state index is 0.0470. The van der Waals surface area contributed by atoms with Gasteiger partial charge in [0.25, 0.3) is 0 Å². The Labute approximate surface area is 194 Å². The van der Waals surface area contributed by atoms with Gasteiger partial charge in [0.05, 0.1) is 14.7 Å². The van der Waals surface area contributed by atoms with Crippen molar-refractivity contribution < 1.29 is 16.8 Å². The molecule has 1 aromatic heterocycles. The van der Waals surface area contributed by atoms with Crippen LogP contribution in [-0.4, -0.2) is 28.4 Å². The molecule has 170 valence electrons. The average molecular weight is 493 g/mol. The highest BCUT2D eigenvalue weighted by Gasteiger charge is 2.26. The summed E-state index contributed by atoms with van der Waals surface area (Å²) in [7, 11) is -7.93. The SMILES string of the molecule is Cc1c(Cl)cccc1S(=O)(=O)c1ccc(C(C)C)c(S(=O)(=O)NCCc2ccccn2)c1. The van der Waals surface area contributed by atoms with Crippen molar-refractivity contribution in [3.8, 4) is 0 Å². The summed E-state index contributed by atoms with van der Waals surface area (Å²) >= 11 is 6.11. The maximum atomic E-state index is 13.3. The van der Waals surface area contributed by atoms with Crippen molar-refractivity contribution in [2.24, 2.45) is 0 Å². The van der Waals surface area contributed by atoms with Crippen LogP contribution >= 0.6 is 11.6 Å². The summed E-state index contributed by atoms with van der Waals surface area (Å²) in [5, 5.41) is 0.328. The maximum absolute atomic E-state index is 13.3. The van der Waals surface area contributed by atoms with E-state index in [0.29, 0.717) is 22.6 Å². The molecule has 3 aromatic rings. The zero-order valence-electron chi connectivity index (χ0n) is 18.0. The van der Waals surface area contributed by atoms with Crippen molar-refractivity contribution >= 4 is 31.5 Å². The van der Waals surface area contributed by atoms with Gasteiger partial charge in [-0.25, -0.2) is 21.6 Å². The molecule has 0 saturated heterocycles. The van der Waals surface area contributed by atoms with Crippen molar-refractivity contribution in [2.45, 2.75) is 47.8 Å². The minimum Gasteiger partial charge on any atom is -0.261 e. The molecule has 6 nitrogen and oxygen atoms in total. The summed E-state index contributed by atoms with van der Waals surface area (Å²) in [6, 6.07) is 14.3. The highest BCUT2D eigenvalue weighted by atomic mass is 35.5. The number of sulfone groups is 1. The summed E-state index contributed by atoms with van der Waals surface area (Å²) in [6.45, 7) is 5.48. The molecule has 0 bridgehead atoms. The van der Waals surface area contributed by atoms with E-state index >= 15 is 0 Å². The van der Waals surface area contributed by atoms with E-state index in [9.17, 15) is 16.8 Å². The van der Waals surface area contributed by atoms with Crippen LogP contribution in [0.25, 0.3) is 0 Å². The van der Waals surface area contributed by atoms with Crippen molar-refractivity contribution in [3.63, 3.8) is 0 Å². The molecular weight excluding hydrogens is 468 g/mol. The Balaban J connectivity index is 1.99. The van der Waals surface area contributed by atoms with Crippen molar-refractivity contribution in [3.05, 3.63) is 82.6 Å². The van der Waals surface area contributed by atoms with E-state index in [1.165, 1.54) is 18.2 Å². The number of nitrogens with one attached hydrogen (secondary N) is 1. The molecule has 2 aromatic carbocycles. The van der Waals surface area contributed by atoms with Crippen LogP contribution < -0.4 is 4.72 Å². The van der Waals surface area contributed by atoms with Gasteiger partial charge in [-0.05, 0) is 60.4 Å². The fraction of sp³-hybridized carbons (Fsp3) is 0.261. The van der Waals surface area contributed by atoms with E-state index in [4.69, 9.17) is 11.6 Å². The first-order valence-corrected chi connectivity index (χ1v) is 13.4. The van der Waals surface area contributed by atoms with E-state index < -0.39 is 19.9 Å². The van der Waals surface area contributed by atoms with Crippen LogP contribution in [0.5, 0.6) is 0 Å². The second-order valence-electron chi connectivity index (χ2n) is 7.69. The lowest BCUT2D eigenvalue weighted by Crippen LogP contribution is -2.27. The Morgan fingerprint density at radius 1 is 0.969 bits per heavy atom.